The molecule has 6 nitrogen and oxygen atoms in total. The fraction of sp³-hybridized carbons (Fsp3) is 0.722. The van der Waals surface area contributed by atoms with Crippen molar-refractivity contribution in [3.63, 3.8) is 0 Å². The van der Waals surface area contributed by atoms with Crippen molar-refractivity contribution in [2.24, 2.45) is 11.3 Å². The van der Waals surface area contributed by atoms with Crippen molar-refractivity contribution < 1.29 is 9.53 Å². The normalized spacial score (nSPS) is 29.8. The largest absolute Gasteiger partial charge is 0.378 e. The Hall–Kier alpha value is -1.69. The number of nitrogens with zero attached hydrogens (tertiary/aromatic N) is 3. The van der Waals surface area contributed by atoms with Crippen molar-refractivity contribution in [1.29, 1.82) is 0 Å². The van der Waals surface area contributed by atoms with Crippen LogP contribution in [0.3, 0.4) is 0 Å². The molecule has 2 atom stereocenters. The summed E-state index contributed by atoms with van der Waals surface area (Å²) in [5.74, 6) is 1.17. The number of aromatic nitrogens is 2. The van der Waals surface area contributed by atoms with Crippen molar-refractivity contribution in [1.82, 2.24) is 15.3 Å². The third-order valence-corrected chi connectivity index (χ3v) is 6.33. The minimum atomic E-state index is -0.152. The molecule has 3 rings (SSSR count). The standard InChI is InChI=1S/C18H28N4O2/c1-17(2)14(11-18(17,3)24-4)21-16(23)13-5-9-22(10-6-13)15-12-19-7-8-20-15/h7-8,12-14H,5-6,9-11H2,1-4H3,(H,21,23)/t14-,18-/m0/s1. The molecule has 2 heterocycles. The van der Waals surface area contributed by atoms with Gasteiger partial charge in [0.05, 0.1) is 11.8 Å². The number of rotatable bonds is 4. The highest BCUT2D eigenvalue weighted by Gasteiger charge is 2.58. The number of piperidine rings is 1. The summed E-state index contributed by atoms with van der Waals surface area (Å²) in [6.45, 7) is 8.15. The van der Waals surface area contributed by atoms with Gasteiger partial charge < -0.3 is 15.0 Å². The number of nitrogens with one attached hydrogen (secondary N) is 1. The first-order chi connectivity index (χ1) is 11.4. The topological polar surface area (TPSA) is 67.3 Å². The molecule has 1 aliphatic heterocycles. The minimum absolute atomic E-state index is 0.0439. The highest BCUT2D eigenvalue weighted by molar-refractivity contribution is 5.79. The maximum absolute atomic E-state index is 12.6. The predicted molar refractivity (Wildman–Crippen MR) is 92.7 cm³/mol. The van der Waals surface area contributed by atoms with Gasteiger partial charge in [-0.25, -0.2) is 4.98 Å². The van der Waals surface area contributed by atoms with Crippen LogP contribution in [-0.2, 0) is 9.53 Å². The van der Waals surface area contributed by atoms with E-state index >= 15 is 0 Å². The number of anilines is 1. The van der Waals surface area contributed by atoms with Crippen LogP contribution in [0.2, 0.25) is 0 Å². The zero-order valence-corrected chi connectivity index (χ0v) is 15.1. The lowest BCUT2D eigenvalue weighted by molar-refractivity contribution is -0.183. The molecule has 1 N–H and O–H groups in total. The number of hydrogen-bond acceptors (Lipinski definition) is 5. The molecular weight excluding hydrogens is 304 g/mol. The van der Waals surface area contributed by atoms with Gasteiger partial charge in [0, 0.05) is 50.0 Å². The average Bonchev–Trinajstić information content (AvgIpc) is 2.62. The summed E-state index contributed by atoms with van der Waals surface area (Å²) in [5.41, 5.74) is -0.196. The summed E-state index contributed by atoms with van der Waals surface area (Å²) in [6.07, 6.45) is 7.76. The smallest absolute Gasteiger partial charge is 0.223 e. The molecule has 6 heteroatoms. The van der Waals surface area contributed by atoms with Crippen molar-refractivity contribution >= 4 is 11.7 Å². The van der Waals surface area contributed by atoms with Gasteiger partial charge in [-0.05, 0) is 26.2 Å². The van der Waals surface area contributed by atoms with Crippen LogP contribution in [0, 0.1) is 11.3 Å². The molecule has 24 heavy (non-hydrogen) atoms. The van der Waals surface area contributed by atoms with E-state index in [1.807, 2.05) is 0 Å². The van der Waals surface area contributed by atoms with E-state index in [0.717, 1.165) is 38.2 Å². The second-order valence-electron chi connectivity index (χ2n) is 7.75. The van der Waals surface area contributed by atoms with Gasteiger partial charge in [-0.2, -0.15) is 0 Å². The molecule has 0 bridgehead atoms. The van der Waals surface area contributed by atoms with E-state index in [1.54, 1.807) is 25.7 Å². The maximum Gasteiger partial charge on any atom is 0.223 e. The molecule has 0 aromatic carbocycles. The van der Waals surface area contributed by atoms with Crippen molar-refractivity contribution in [3.05, 3.63) is 18.6 Å². The molecule has 0 radical (unpaired) electrons. The molecule has 2 fully saturated rings. The monoisotopic (exact) mass is 332 g/mol. The second-order valence-corrected chi connectivity index (χ2v) is 7.75. The first-order valence-corrected chi connectivity index (χ1v) is 8.74. The number of methoxy groups -OCH3 is 1. The molecule has 1 aliphatic carbocycles. The van der Waals surface area contributed by atoms with E-state index in [4.69, 9.17) is 4.74 Å². The number of carbonyl (C=O) groups is 1. The Bertz CT molecular complexity index is 584. The van der Waals surface area contributed by atoms with Gasteiger partial charge in [-0.15, -0.1) is 0 Å². The fourth-order valence-electron chi connectivity index (χ4n) is 3.84. The summed E-state index contributed by atoms with van der Waals surface area (Å²) < 4.78 is 5.64. The zero-order valence-electron chi connectivity index (χ0n) is 15.1. The van der Waals surface area contributed by atoms with Crippen LogP contribution < -0.4 is 10.2 Å². The summed E-state index contributed by atoms with van der Waals surface area (Å²) in [4.78, 5) is 23.3. The predicted octanol–water partition coefficient (Wildman–Crippen LogP) is 2.01. The van der Waals surface area contributed by atoms with Crippen LogP contribution in [0.15, 0.2) is 18.6 Å². The maximum atomic E-state index is 12.6. The number of carbonyl (C=O) groups excluding carboxylic acids is 1. The van der Waals surface area contributed by atoms with Gasteiger partial charge >= 0.3 is 0 Å². The van der Waals surface area contributed by atoms with Gasteiger partial charge in [0.25, 0.3) is 0 Å². The molecule has 1 saturated heterocycles. The van der Waals surface area contributed by atoms with Crippen LogP contribution in [0.1, 0.15) is 40.0 Å². The third-order valence-electron chi connectivity index (χ3n) is 6.33. The van der Waals surface area contributed by atoms with Gasteiger partial charge in [-0.1, -0.05) is 13.8 Å². The van der Waals surface area contributed by atoms with E-state index in [1.165, 1.54) is 0 Å². The number of hydrogen-bond donors (Lipinski definition) is 1. The van der Waals surface area contributed by atoms with Gasteiger partial charge in [-0.3, -0.25) is 9.78 Å². The Labute approximate surface area is 144 Å². The van der Waals surface area contributed by atoms with E-state index in [2.05, 4.69) is 41.0 Å². The summed E-state index contributed by atoms with van der Waals surface area (Å²) in [5, 5.41) is 3.26. The minimum Gasteiger partial charge on any atom is -0.378 e. The molecule has 1 amide bonds. The van der Waals surface area contributed by atoms with Crippen LogP contribution in [0.5, 0.6) is 0 Å². The van der Waals surface area contributed by atoms with Gasteiger partial charge in [0.15, 0.2) is 0 Å². The van der Waals surface area contributed by atoms with Gasteiger partial charge in [0.1, 0.15) is 5.82 Å². The van der Waals surface area contributed by atoms with Crippen LogP contribution >= 0.6 is 0 Å². The molecule has 132 valence electrons. The Morgan fingerprint density at radius 2 is 2.00 bits per heavy atom. The van der Waals surface area contributed by atoms with Crippen LogP contribution in [0.4, 0.5) is 5.82 Å². The van der Waals surface area contributed by atoms with E-state index in [9.17, 15) is 4.79 Å². The lowest BCUT2D eigenvalue weighted by Crippen LogP contribution is -2.69. The SMILES string of the molecule is CO[C@@]1(C)C[C@H](NC(=O)C2CCN(c3cnccn3)CC2)C1(C)C. The lowest BCUT2D eigenvalue weighted by atomic mass is 9.55. The van der Waals surface area contributed by atoms with E-state index < -0.39 is 0 Å². The van der Waals surface area contributed by atoms with Gasteiger partial charge in [0.2, 0.25) is 5.91 Å². The molecule has 2 aliphatic rings. The van der Waals surface area contributed by atoms with Crippen LogP contribution in [0.25, 0.3) is 0 Å². The highest BCUT2D eigenvalue weighted by atomic mass is 16.5. The molecule has 1 saturated carbocycles. The quantitative estimate of drug-likeness (QED) is 0.913. The number of amides is 1. The Morgan fingerprint density at radius 1 is 1.29 bits per heavy atom. The first kappa shape index (κ1) is 17.1. The van der Waals surface area contributed by atoms with E-state index in [-0.39, 0.29) is 28.9 Å². The number of ether oxygens (including phenoxy) is 1. The molecular formula is C18H28N4O2. The zero-order chi connectivity index (χ0) is 17.4. The highest BCUT2D eigenvalue weighted by Crippen LogP contribution is 2.51. The third kappa shape index (κ3) is 2.88. The first-order valence-electron chi connectivity index (χ1n) is 8.74. The van der Waals surface area contributed by atoms with Crippen molar-refractivity contribution in [2.45, 2.75) is 51.7 Å². The molecule has 1 aromatic rings. The van der Waals surface area contributed by atoms with Crippen molar-refractivity contribution in [3.8, 4) is 0 Å². The summed E-state index contributed by atoms with van der Waals surface area (Å²) in [6, 6.07) is 0.188. The lowest BCUT2D eigenvalue weighted by Gasteiger charge is -2.59. The Kier molecular flexibility index (Phi) is 4.51. The average molecular weight is 332 g/mol. The molecule has 1 aromatic heterocycles. The molecule has 0 unspecified atom stereocenters. The second kappa shape index (κ2) is 6.31. The summed E-state index contributed by atoms with van der Waals surface area (Å²) >= 11 is 0. The summed E-state index contributed by atoms with van der Waals surface area (Å²) in [7, 11) is 1.75. The van der Waals surface area contributed by atoms with Crippen LogP contribution in [-0.4, -0.2) is 47.7 Å². The fourth-order valence-corrected chi connectivity index (χ4v) is 3.84. The van der Waals surface area contributed by atoms with Crippen molar-refractivity contribution in [2.75, 3.05) is 25.1 Å². The Balaban J connectivity index is 1.52. The van der Waals surface area contributed by atoms with E-state index in [0.29, 0.717) is 0 Å². The molecule has 0 spiro atoms. The Morgan fingerprint density at radius 3 is 2.54 bits per heavy atom.